The number of carbonyl (C=O) groups excluding carboxylic acids is 2. The maximum atomic E-state index is 12.0. The molecule has 21 heavy (non-hydrogen) atoms. The van der Waals surface area contributed by atoms with Gasteiger partial charge in [0.15, 0.2) is 7.11 Å². The zero-order valence-corrected chi connectivity index (χ0v) is 12.0. The number of fused-ring (bicyclic) bond motifs is 2. The van der Waals surface area contributed by atoms with Crippen LogP contribution >= 0.6 is 0 Å². The highest BCUT2D eigenvalue weighted by Crippen LogP contribution is 2.30. The summed E-state index contributed by atoms with van der Waals surface area (Å²) in [6.45, 7) is 0. The third-order valence-corrected chi connectivity index (χ3v) is 4.73. The minimum atomic E-state index is -0.473. The van der Waals surface area contributed by atoms with Gasteiger partial charge in [-0.25, -0.2) is 9.63 Å². The van der Waals surface area contributed by atoms with E-state index in [0.717, 1.165) is 12.8 Å². The fourth-order valence-electron chi connectivity index (χ4n) is 3.69. The van der Waals surface area contributed by atoms with Gasteiger partial charge in [0, 0.05) is 24.9 Å². The lowest BCUT2D eigenvalue weighted by molar-refractivity contribution is -0.821. The Morgan fingerprint density at radius 3 is 2.81 bits per heavy atom. The van der Waals surface area contributed by atoms with E-state index in [2.05, 4.69) is 16.0 Å². The van der Waals surface area contributed by atoms with Crippen LogP contribution in [0.2, 0.25) is 0 Å². The Morgan fingerprint density at radius 1 is 1.33 bits per heavy atom. The van der Waals surface area contributed by atoms with Crippen LogP contribution < -0.4 is 16.0 Å². The van der Waals surface area contributed by atoms with E-state index >= 15 is 0 Å². The van der Waals surface area contributed by atoms with E-state index in [1.165, 1.54) is 7.11 Å². The van der Waals surface area contributed by atoms with Gasteiger partial charge in [-0.2, -0.15) is 0 Å². The third-order valence-electron chi connectivity index (χ3n) is 4.73. The molecule has 1 aliphatic carbocycles. The third kappa shape index (κ3) is 2.36. The van der Waals surface area contributed by atoms with Crippen LogP contribution in [0.1, 0.15) is 19.3 Å². The summed E-state index contributed by atoms with van der Waals surface area (Å²) < 4.78 is 0. The Balaban J connectivity index is 1.77. The number of hydrogen-bond acceptors (Lipinski definition) is 6. The summed E-state index contributed by atoms with van der Waals surface area (Å²) in [5, 5.41) is 8.35. The first-order chi connectivity index (χ1) is 10.0. The van der Waals surface area contributed by atoms with Gasteiger partial charge in [-0.15, -0.1) is 0 Å². The van der Waals surface area contributed by atoms with Crippen molar-refractivity contribution in [1.82, 2.24) is 20.9 Å². The van der Waals surface area contributed by atoms with Gasteiger partial charge in [0.25, 0.3) is 6.04 Å². The fraction of sp³-hybridized carbons (Fsp3) is 0.833. The van der Waals surface area contributed by atoms with Crippen LogP contribution in [0.3, 0.4) is 0 Å². The molecule has 2 heterocycles. The smallest absolute Gasteiger partial charge is 0.320 e. The molecule has 3 fully saturated rings. The van der Waals surface area contributed by atoms with Crippen LogP contribution in [0.25, 0.3) is 0 Å². The average Bonchev–Trinajstić information content (AvgIpc) is 2.45. The van der Waals surface area contributed by atoms with Crippen LogP contribution in [0, 0.1) is 4.91 Å². The molecule has 5 unspecified atom stereocenters. The molecule has 1 saturated carbocycles. The minimum Gasteiger partial charge on any atom is -0.320 e. The first-order valence-corrected chi connectivity index (χ1v) is 7.11. The van der Waals surface area contributed by atoms with E-state index in [9.17, 15) is 14.5 Å². The average molecular weight is 298 g/mol. The second kappa shape index (κ2) is 5.23. The largest absolute Gasteiger partial charge is 0.322 e. The number of urea groups is 1. The number of piperazine rings is 1. The van der Waals surface area contributed by atoms with Gasteiger partial charge in [-0.1, -0.05) is 0 Å². The van der Waals surface area contributed by atoms with Crippen molar-refractivity contribution in [2.75, 3.05) is 14.2 Å². The summed E-state index contributed by atoms with van der Waals surface area (Å²) in [5.74, 6) is -0.315. The first kappa shape index (κ1) is 14.2. The van der Waals surface area contributed by atoms with E-state index in [1.54, 1.807) is 0 Å². The summed E-state index contributed by atoms with van der Waals surface area (Å²) in [5.41, 5.74) is 0. The van der Waals surface area contributed by atoms with Crippen molar-refractivity contribution in [3.8, 4) is 0 Å². The Labute approximate surface area is 121 Å². The molecule has 3 rings (SSSR count). The van der Waals surface area contributed by atoms with Crippen molar-refractivity contribution in [3.63, 3.8) is 0 Å². The highest BCUT2D eigenvalue weighted by molar-refractivity contribution is 6.00. The normalized spacial score (nSPS) is 39.6. The molecule has 0 bridgehead atoms. The molecule has 0 radical (unpaired) electrons. The highest BCUT2D eigenvalue weighted by Gasteiger charge is 2.51. The second-order valence-electron chi connectivity index (χ2n) is 5.83. The van der Waals surface area contributed by atoms with Gasteiger partial charge in [-0.3, -0.25) is 20.3 Å². The molecule has 0 aromatic rings. The highest BCUT2D eigenvalue weighted by atomic mass is 16.8. The maximum Gasteiger partial charge on any atom is 0.322 e. The second-order valence-corrected chi connectivity index (χ2v) is 5.83. The number of amides is 3. The van der Waals surface area contributed by atoms with Gasteiger partial charge in [0.05, 0.1) is 4.91 Å². The number of nitrogens with zero attached hydrogens (tertiary/aromatic N) is 2. The molecule has 0 aromatic heterocycles. The van der Waals surface area contributed by atoms with E-state index < -0.39 is 12.1 Å². The van der Waals surface area contributed by atoms with Gasteiger partial charge in [0.1, 0.15) is 12.2 Å². The molecular weight excluding hydrogens is 278 g/mol. The zero-order valence-electron chi connectivity index (χ0n) is 12.0. The molecule has 3 aliphatic rings. The van der Waals surface area contributed by atoms with Crippen molar-refractivity contribution in [3.05, 3.63) is 4.91 Å². The molecule has 9 heteroatoms. The monoisotopic (exact) mass is 298 g/mol. The van der Waals surface area contributed by atoms with Gasteiger partial charge in [-0.05, 0) is 13.5 Å². The lowest BCUT2D eigenvalue weighted by Crippen LogP contribution is -2.78. The lowest BCUT2D eigenvalue weighted by atomic mass is 9.82. The van der Waals surface area contributed by atoms with Crippen LogP contribution in [0.15, 0.2) is 0 Å². The van der Waals surface area contributed by atoms with E-state index in [0.29, 0.717) is 11.3 Å². The van der Waals surface area contributed by atoms with Crippen LogP contribution in [0.5, 0.6) is 0 Å². The molecule has 116 valence electrons. The Morgan fingerprint density at radius 2 is 2.10 bits per heavy atom. The predicted octanol–water partition coefficient (Wildman–Crippen LogP) is -1.31. The SMILES string of the molecule is CO[N+](=O)C1CCC2NC3NC(=O)NC(=O)C3N(C)C2C1. The molecule has 2 saturated heterocycles. The molecule has 3 amide bonds. The molecule has 0 aromatic carbocycles. The standard InChI is InChI=1S/C12H19N5O4/c1-16-8-5-6(17(20)21-2)3-4-7(8)13-10-9(16)11(18)15-12(19)14-10/h6-10,13H,3-5H2,1-2H3,(H-,14,15,18,19)/p+1. The van der Waals surface area contributed by atoms with Gasteiger partial charge in [0.2, 0.25) is 10.8 Å². The van der Waals surface area contributed by atoms with Crippen molar-refractivity contribution in [2.24, 2.45) is 0 Å². The number of hydrogen-bond donors (Lipinski definition) is 3. The summed E-state index contributed by atoms with van der Waals surface area (Å²) in [4.78, 5) is 42.5. The molecule has 9 nitrogen and oxygen atoms in total. The molecule has 3 N–H and O–H groups in total. The molecule has 2 aliphatic heterocycles. The van der Waals surface area contributed by atoms with Crippen molar-refractivity contribution in [2.45, 2.75) is 49.6 Å². The summed E-state index contributed by atoms with van der Waals surface area (Å²) in [6, 6.07) is -0.954. The first-order valence-electron chi connectivity index (χ1n) is 7.11. The van der Waals surface area contributed by atoms with Crippen molar-refractivity contribution < 1.29 is 19.3 Å². The van der Waals surface area contributed by atoms with E-state index in [1.807, 2.05) is 11.9 Å². The topological polar surface area (TPSA) is 103 Å². The van der Waals surface area contributed by atoms with Crippen LogP contribution in [-0.2, 0) is 9.63 Å². The summed E-state index contributed by atoms with van der Waals surface area (Å²) in [6.07, 6.45) is 1.75. The number of carbonyl (C=O) groups is 2. The van der Waals surface area contributed by atoms with E-state index in [-0.39, 0.29) is 30.2 Å². The van der Waals surface area contributed by atoms with Gasteiger partial charge < -0.3 is 5.32 Å². The van der Waals surface area contributed by atoms with Crippen molar-refractivity contribution in [1.29, 1.82) is 0 Å². The Hall–Kier alpha value is -1.74. The van der Waals surface area contributed by atoms with Crippen molar-refractivity contribution >= 4 is 11.9 Å². The summed E-state index contributed by atoms with van der Waals surface area (Å²) in [7, 11) is 3.22. The Bertz CT molecular complexity index is 484. The zero-order chi connectivity index (χ0) is 15.1. The number of imide groups is 1. The number of likely N-dealkylation sites (N-methyl/N-ethyl adjacent to an activating group) is 1. The van der Waals surface area contributed by atoms with Gasteiger partial charge >= 0.3 is 6.03 Å². The molecule has 0 spiro atoms. The summed E-state index contributed by atoms with van der Waals surface area (Å²) >= 11 is 0. The lowest BCUT2D eigenvalue weighted by Gasteiger charge is -2.51. The van der Waals surface area contributed by atoms with Crippen LogP contribution in [-0.4, -0.2) is 66.3 Å². The Kier molecular flexibility index (Phi) is 3.54. The fourth-order valence-corrected chi connectivity index (χ4v) is 3.69. The predicted molar refractivity (Wildman–Crippen MR) is 71.0 cm³/mol. The van der Waals surface area contributed by atoms with Crippen LogP contribution in [0.4, 0.5) is 4.79 Å². The molecule has 5 atom stereocenters. The minimum absolute atomic E-state index is 0.0531. The number of rotatable bonds is 2. The number of nitrogens with one attached hydrogen (secondary N) is 3. The van der Waals surface area contributed by atoms with E-state index in [4.69, 9.17) is 4.84 Å². The maximum absolute atomic E-state index is 12.0. The quantitative estimate of drug-likeness (QED) is 0.547. The molecular formula is C12H20N5O4+.